The zero-order chi connectivity index (χ0) is 41.5. The van der Waals surface area contributed by atoms with Crippen molar-refractivity contribution in [3.05, 3.63) is 231 Å². The summed E-state index contributed by atoms with van der Waals surface area (Å²) in [6, 6.07) is 84.1. The van der Waals surface area contributed by atoms with E-state index in [9.17, 15) is 0 Å². The number of fused-ring (bicyclic) bond motifs is 9. The van der Waals surface area contributed by atoms with Crippen LogP contribution in [0.5, 0.6) is 0 Å². The Morgan fingerprint density at radius 2 is 0.873 bits per heavy atom. The second-order valence-electron chi connectivity index (χ2n) is 16.5. The van der Waals surface area contributed by atoms with Crippen LogP contribution in [0.1, 0.15) is 0 Å². The first-order valence-electron chi connectivity index (χ1n) is 21.6. The first kappa shape index (κ1) is 35.9. The average Bonchev–Trinajstić information content (AvgIpc) is 3.98. The Hall–Kier alpha value is -7.80. The summed E-state index contributed by atoms with van der Waals surface area (Å²) < 4.78 is 10.2. The molecule has 0 amide bonds. The van der Waals surface area contributed by atoms with Crippen LogP contribution < -0.4 is 17.7 Å². The van der Waals surface area contributed by atoms with Crippen LogP contribution in [0.2, 0.25) is 0 Å². The predicted octanol–water partition coefficient (Wildman–Crippen LogP) is 11.4. The van der Waals surface area contributed by atoms with E-state index in [0.29, 0.717) is 0 Å². The standard InChI is InChI=1S/C58H38GeN4/c1-5-21-39(22-6-1)58-60-56(55-45-31-13-17-33-49(45)59(57(55)61-58,40-23-7-2-8-24-40)41-25-9-3-10-26-41)46-32-16-20-36-52(46)63-51-35-19-15-30-44(51)48-37-47-43-29-14-18-34-50(43)62(53(47)38-54(48)63)42-27-11-4-12-28-42/h1-38H. The number of hydrogen-bond acceptors (Lipinski definition) is 2. The molecule has 0 saturated carbocycles. The van der Waals surface area contributed by atoms with Crippen LogP contribution in [0.4, 0.5) is 0 Å². The van der Waals surface area contributed by atoms with E-state index < -0.39 is 13.3 Å². The SMILES string of the molecule is c1ccc(-c2nc(-c3ccccc3-n3c4ccccc4c4cc5c6ccccc6n(-c6ccccc6)c5cc43)c3[c](n2)[Ge]([c]2ccccc2)([c]2ccccc2)[c]2ccccc2-3)cc1. The third kappa shape index (κ3) is 5.22. The molecule has 0 N–H and O–H groups in total. The predicted molar refractivity (Wildman–Crippen MR) is 264 cm³/mol. The Kier molecular flexibility index (Phi) is 8.05. The molecule has 0 bridgehead atoms. The van der Waals surface area contributed by atoms with Gasteiger partial charge < -0.3 is 0 Å². The minimum atomic E-state index is -3.77. The van der Waals surface area contributed by atoms with E-state index in [1.54, 1.807) is 0 Å². The molecule has 5 heteroatoms. The van der Waals surface area contributed by atoms with Crippen LogP contribution in [0.15, 0.2) is 231 Å². The summed E-state index contributed by atoms with van der Waals surface area (Å²) in [7, 11) is 0. The quantitative estimate of drug-likeness (QED) is 0.156. The van der Waals surface area contributed by atoms with Crippen molar-refractivity contribution in [3.8, 4) is 45.1 Å². The molecule has 0 aliphatic carbocycles. The first-order valence-corrected chi connectivity index (χ1v) is 25.8. The van der Waals surface area contributed by atoms with Crippen molar-refractivity contribution in [1.29, 1.82) is 0 Å². The second-order valence-corrected chi connectivity index (χ2v) is 24.2. The maximum atomic E-state index is 5.78. The van der Waals surface area contributed by atoms with E-state index in [0.717, 1.165) is 50.6 Å². The summed E-state index contributed by atoms with van der Waals surface area (Å²) in [5, 5.41) is 4.91. The Morgan fingerprint density at radius 3 is 1.54 bits per heavy atom. The van der Waals surface area contributed by atoms with Gasteiger partial charge in [-0.25, -0.2) is 0 Å². The molecule has 9 aromatic carbocycles. The normalized spacial score (nSPS) is 12.9. The molecular weight excluding hydrogens is 825 g/mol. The van der Waals surface area contributed by atoms with E-state index in [4.69, 9.17) is 9.97 Å². The monoisotopic (exact) mass is 864 g/mol. The molecule has 0 spiro atoms. The van der Waals surface area contributed by atoms with Gasteiger partial charge in [-0.1, -0.05) is 30.3 Å². The molecule has 4 heterocycles. The zero-order valence-corrected chi connectivity index (χ0v) is 36.3. The van der Waals surface area contributed by atoms with Gasteiger partial charge in [0.15, 0.2) is 0 Å². The molecule has 4 nitrogen and oxygen atoms in total. The number of rotatable bonds is 6. The minimum absolute atomic E-state index is 0.741. The van der Waals surface area contributed by atoms with Crippen molar-refractivity contribution in [2.45, 2.75) is 0 Å². The second kappa shape index (κ2) is 14.1. The molecule has 1 aliphatic heterocycles. The Bertz CT molecular complexity index is 3690. The molecular formula is C58H38GeN4. The summed E-state index contributed by atoms with van der Waals surface area (Å²) in [6.45, 7) is 0. The molecule has 0 unspecified atom stereocenters. The van der Waals surface area contributed by atoms with Crippen LogP contribution in [0, 0.1) is 0 Å². The number of para-hydroxylation sites is 4. The van der Waals surface area contributed by atoms with E-state index in [1.165, 1.54) is 55.9 Å². The molecule has 294 valence electrons. The molecule has 1 aliphatic rings. The van der Waals surface area contributed by atoms with Gasteiger partial charge in [-0.05, 0) is 0 Å². The van der Waals surface area contributed by atoms with Crippen molar-refractivity contribution < 1.29 is 0 Å². The number of aromatic nitrogens is 4. The Morgan fingerprint density at radius 1 is 0.365 bits per heavy atom. The summed E-state index contributed by atoms with van der Waals surface area (Å²) in [4.78, 5) is 11.5. The molecule has 63 heavy (non-hydrogen) atoms. The number of benzene rings is 9. The fraction of sp³-hybridized carbons (Fsp3) is 0. The first-order chi connectivity index (χ1) is 31.3. The van der Waals surface area contributed by atoms with Crippen molar-refractivity contribution in [3.63, 3.8) is 0 Å². The van der Waals surface area contributed by atoms with Gasteiger partial charge in [-0.3, -0.25) is 0 Å². The maximum absolute atomic E-state index is 5.78. The van der Waals surface area contributed by atoms with Crippen LogP contribution in [-0.2, 0) is 0 Å². The Balaban J connectivity index is 1.16. The van der Waals surface area contributed by atoms with E-state index in [2.05, 4.69) is 240 Å². The number of nitrogens with zero attached hydrogens (tertiary/aromatic N) is 4. The molecule has 12 aromatic rings. The molecule has 0 saturated heterocycles. The fourth-order valence-corrected chi connectivity index (χ4v) is 21.1. The Labute approximate surface area is 367 Å². The zero-order valence-electron chi connectivity index (χ0n) is 34.2. The third-order valence-corrected chi connectivity index (χ3v) is 23.1. The van der Waals surface area contributed by atoms with Crippen molar-refractivity contribution in [2.24, 2.45) is 0 Å². The van der Waals surface area contributed by atoms with Gasteiger partial charge in [0, 0.05) is 0 Å². The van der Waals surface area contributed by atoms with Crippen molar-refractivity contribution in [2.75, 3.05) is 0 Å². The summed E-state index contributed by atoms with van der Waals surface area (Å²) in [5.41, 5.74) is 12.2. The summed E-state index contributed by atoms with van der Waals surface area (Å²) in [6.07, 6.45) is 0. The number of hydrogen-bond donors (Lipinski definition) is 0. The van der Waals surface area contributed by atoms with Gasteiger partial charge in [0.05, 0.1) is 0 Å². The van der Waals surface area contributed by atoms with Gasteiger partial charge >= 0.3 is 339 Å². The van der Waals surface area contributed by atoms with Crippen LogP contribution in [0.3, 0.4) is 0 Å². The van der Waals surface area contributed by atoms with Crippen LogP contribution >= 0.6 is 0 Å². The van der Waals surface area contributed by atoms with E-state index >= 15 is 0 Å². The summed E-state index contributed by atoms with van der Waals surface area (Å²) >= 11 is -3.77. The molecule has 0 radical (unpaired) electrons. The van der Waals surface area contributed by atoms with Gasteiger partial charge in [0.1, 0.15) is 0 Å². The van der Waals surface area contributed by atoms with Crippen LogP contribution in [0.25, 0.3) is 88.8 Å². The van der Waals surface area contributed by atoms with E-state index in [-0.39, 0.29) is 0 Å². The molecule has 3 aromatic heterocycles. The fourth-order valence-electron chi connectivity index (χ4n) is 10.6. The van der Waals surface area contributed by atoms with E-state index in [1.807, 2.05) is 0 Å². The molecule has 0 atom stereocenters. The summed E-state index contributed by atoms with van der Waals surface area (Å²) in [5.74, 6) is 0.741. The van der Waals surface area contributed by atoms with Gasteiger partial charge in [0.2, 0.25) is 0 Å². The molecule has 13 rings (SSSR count). The van der Waals surface area contributed by atoms with Gasteiger partial charge in [0.25, 0.3) is 0 Å². The molecule has 0 fully saturated rings. The van der Waals surface area contributed by atoms with Crippen LogP contribution in [-0.4, -0.2) is 32.4 Å². The average molecular weight is 864 g/mol. The van der Waals surface area contributed by atoms with Crippen molar-refractivity contribution in [1.82, 2.24) is 19.1 Å². The van der Waals surface area contributed by atoms with Crippen molar-refractivity contribution >= 4 is 74.6 Å². The van der Waals surface area contributed by atoms with Gasteiger partial charge in [-0.2, -0.15) is 0 Å². The topological polar surface area (TPSA) is 35.6 Å². The third-order valence-electron chi connectivity index (χ3n) is 13.2. The van der Waals surface area contributed by atoms with Gasteiger partial charge in [-0.15, -0.1) is 0 Å².